The number of nitrogens with zero attached hydrogens (tertiary/aromatic N) is 4. The zero-order valence-corrected chi connectivity index (χ0v) is 17.5. The van der Waals surface area contributed by atoms with Crippen molar-refractivity contribution in [1.82, 2.24) is 15.2 Å². The number of pyridine rings is 1. The van der Waals surface area contributed by atoms with Crippen LogP contribution in [0.3, 0.4) is 0 Å². The molecular weight excluding hydrogens is 410 g/mol. The molecule has 3 heterocycles. The molecule has 0 radical (unpaired) electrons. The minimum absolute atomic E-state index is 0.0958. The van der Waals surface area contributed by atoms with Gasteiger partial charge in [0.1, 0.15) is 12.0 Å². The molecule has 2 atom stereocenters. The quantitative estimate of drug-likeness (QED) is 0.553. The van der Waals surface area contributed by atoms with Crippen molar-refractivity contribution in [3.05, 3.63) is 53.1 Å². The molecule has 31 heavy (non-hydrogen) atoms. The minimum Gasteiger partial charge on any atom is -0.367 e. The highest BCUT2D eigenvalue weighted by Crippen LogP contribution is 2.34. The molecule has 3 aromatic rings. The lowest BCUT2D eigenvalue weighted by molar-refractivity contribution is 0.0136. The summed E-state index contributed by atoms with van der Waals surface area (Å²) < 4.78 is 55.9. The second-order valence-corrected chi connectivity index (χ2v) is 8.02. The third-order valence-corrected chi connectivity index (χ3v) is 5.59. The monoisotopic (exact) mass is 433 g/mol. The number of hydrogen-bond acceptors (Lipinski definition) is 5. The van der Waals surface area contributed by atoms with Crippen molar-refractivity contribution < 1.29 is 17.6 Å². The zero-order valence-electron chi connectivity index (χ0n) is 17.5. The van der Waals surface area contributed by atoms with Crippen LogP contribution in [-0.2, 0) is 5.92 Å². The maximum atomic E-state index is 14.8. The normalized spacial score (nSPS) is 17.9. The predicted octanol–water partition coefficient (Wildman–Crippen LogP) is 5.31. The molecule has 9 heteroatoms. The molecular formula is C22H23F4N5. The van der Waals surface area contributed by atoms with Gasteiger partial charge in [0.05, 0.1) is 34.7 Å². The summed E-state index contributed by atoms with van der Waals surface area (Å²) in [4.78, 5) is 6.38. The summed E-state index contributed by atoms with van der Waals surface area (Å²) in [6, 6.07) is 5.14. The highest BCUT2D eigenvalue weighted by atomic mass is 19.3. The highest BCUT2D eigenvalue weighted by molar-refractivity contribution is 5.92. The van der Waals surface area contributed by atoms with Crippen molar-refractivity contribution >= 4 is 22.4 Å². The molecule has 1 aromatic carbocycles. The molecule has 1 N–H and O–H groups in total. The van der Waals surface area contributed by atoms with Gasteiger partial charge in [-0.05, 0) is 26.3 Å². The van der Waals surface area contributed by atoms with E-state index in [0.717, 1.165) is 11.8 Å². The molecule has 2 aromatic heterocycles. The summed E-state index contributed by atoms with van der Waals surface area (Å²) in [5.74, 6) is -3.89. The predicted molar refractivity (Wildman–Crippen MR) is 112 cm³/mol. The molecule has 0 unspecified atom stereocenters. The number of aromatic nitrogens is 3. The number of rotatable bonds is 5. The minimum atomic E-state index is -3.29. The van der Waals surface area contributed by atoms with Crippen LogP contribution in [0, 0.1) is 12.7 Å². The van der Waals surface area contributed by atoms with Crippen LogP contribution in [0.15, 0.2) is 30.5 Å². The first kappa shape index (κ1) is 21.3. The van der Waals surface area contributed by atoms with Crippen LogP contribution in [-0.4, -0.2) is 34.4 Å². The summed E-state index contributed by atoms with van der Waals surface area (Å²) in [6.07, 6.45) is 1.26. The Balaban J connectivity index is 1.71. The Hall–Kier alpha value is -2.97. The number of hydrogen-bond donors (Lipinski definition) is 1. The Kier molecular flexibility index (Phi) is 5.45. The Morgan fingerprint density at radius 2 is 2.03 bits per heavy atom. The number of nitrogens with one attached hydrogen (secondary N) is 1. The Labute approximate surface area is 177 Å². The van der Waals surface area contributed by atoms with E-state index in [4.69, 9.17) is 0 Å². The average molecular weight is 433 g/mol. The Morgan fingerprint density at radius 3 is 2.71 bits per heavy atom. The fraction of sp³-hybridized carbons (Fsp3) is 0.409. The molecule has 1 aliphatic rings. The van der Waals surface area contributed by atoms with Crippen molar-refractivity contribution in [3.8, 4) is 0 Å². The van der Waals surface area contributed by atoms with E-state index < -0.39 is 29.5 Å². The number of alkyl halides is 3. The molecule has 164 valence electrons. The molecule has 0 spiro atoms. The van der Waals surface area contributed by atoms with Crippen LogP contribution in [0.1, 0.15) is 43.1 Å². The lowest BCUT2D eigenvalue weighted by Crippen LogP contribution is -2.20. The summed E-state index contributed by atoms with van der Waals surface area (Å²) in [5.41, 5.74) is 1.42. The smallest absolute Gasteiger partial charge is 0.273 e. The zero-order chi connectivity index (χ0) is 22.3. The average Bonchev–Trinajstić information content (AvgIpc) is 3.15. The molecule has 1 fully saturated rings. The SMILES string of the molecule is Cc1nnc(N[C@H](C)c2cccc(C(C)(F)F)c2F)c2cc(N3CC[C@@H](F)C3)cnc12. The van der Waals surface area contributed by atoms with E-state index in [1.807, 2.05) is 11.0 Å². The van der Waals surface area contributed by atoms with E-state index in [9.17, 15) is 17.6 Å². The van der Waals surface area contributed by atoms with Crippen molar-refractivity contribution in [2.24, 2.45) is 0 Å². The Bertz CT molecular complexity index is 1110. The van der Waals surface area contributed by atoms with Gasteiger partial charge in [0.25, 0.3) is 5.92 Å². The van der Waals surface area contributed by atoms with Gasteiger partial charge in [0, 0.05) is 31.0 Å². The van der Waals surface area contributed by atoms with Gasteiger partial charge in [-0.2, -0.15) is 5.10 Å². The van der Waals surface area contributed by atoms with Crippen LogP contribution in [0.25, 0.3) is 10.9 Å². The first-order valence-corrected chi connectivity index (χ1v) is 10.1. The van der Waals surface area contributed by atoms with Gasteiger partial charge < -0.3 is 10.2 Å². The van der Waals surface area contributed by atoms with Gasteiger partial charge in [-0.15, -0.1) is 5.10 Å². The molecule has 0 saturated carbocycles. The topological polar surface area (TPSA) is 53.9 Å². The fourth-order valence-electron chi connectivity index (χ4n) is 3.89. The van der Waals surface area contributed by atoms with E-state index in [2.05, 4.69) is 20.5 Å². The van der Waals surface area contributed by atoms with Crippen LogP contribution in [0.4, 0.5) is 29.1 Å². The lowest BCUT2D eigenvalue weighted by atomic mass is 10.0. The third kappa shape index (κ3) is 4.13. The highest BCUT2D eigenvalue weighted by Gasteiger charge is 2.30. The van der Waals surface area contributed by atoms with Gasteiger partial charge in [-0.3, -0.25) is 4.98 Å². The molecule has 5 nitrogen and oxygen atoms in total. The van der Waals surface area contributed by atoms with E-state index in [1.165, 1.54) is 12.1 Å². The standard InChI is InChI=1S/C22H23F4N5/c1-12(16-5-4-6-18(19(16)24)22(3,25)26)28-21-17-9-15(31-8-7-14(23)11-31)10-27-20(17)13(2)29-30-21/h4-6,9-10,12,14H,7-8,11H2,1-3H3,(H,28,30)/t12-,14-/m1/s1. The van der Waals surface area contributed by atoms with Gasteiger partial charge >= 0.3 is 0 Å². The van der Waals surface area contributed by atoms with Gasteiger partial charge in [-0.1, -0.05) is 18.2 Å². The van der Waals surface area contributed by atoms with Crippen molar-refractivity contribution in [1.29, 1.82) is 0 Å². The summed E-state index contributed by atoms with van der Waals surface area (Å²) in [7, 11) is 0. The van der Waals surface area contributed by atoms with Crippen LogP contribution < -0.4 is 10.2 Å². The van der Waals surface area contributed by atoms with Gasteiger partial charge in [0.2, 0.25) is 0 Å². The molecule has 0 amide bonds. The van der Waals surface area contributed by atoms with Gasteiger partial charge in [0.15, 0.2) is 5.82 Å². The summed E-state index contributed by atoms with van der Waals surface area (Å²) >= 11 is 0. The fourth-order valence-corrected chi connectivity index (χ4v) is 3.89. The first-order valence-electron chi connectivity index (χ1n) is 10.1. The summed E-state index contributed by atoms with van der Waals surface area (Å²) in [6.45, 7) is 4.99. The van der Waals surface area contributed by atoms with Crippen molar-refractivity contribution in [3.63, 3.8) is 0 Å². The van der Waals surface area contributed by atoms with Crippen molar-refractivity contribution in [2.45, 2.75) is 45.3 Å². The number of aryl methyl sites for hydroxylation is 1. The first-order chi connectivity index (χ1) is 14.6. The van der Waals surface area contributed by atoms with Crippen molar-refractivity contribution in [2.75, 3.05) is 23.3 Å². The summed E-state index contributed by atoms with van der Waals surface area (Å²) in [5, 5.41) is 12.0. The maximum absolute atomic E-state index is 14.8. The lowest BCUT2D eigenvalue weighted by Gasteiger charge is -2.21. The molecule has 0 bridgehead atoms. The number of benzene rings is 1. The van der Waals surface area contributed by atoms with E-state index >= 15 is 0 Å². The molecule has 1 aliphatic heterocycles. The second kappa shape index (κ2) is 7.94. The number of halogens is 4. The molecule has 1 saturated heterocycles. The number of anilines is 2. The third-order valence-electron chi connectivity index (χ3n) is 5.59. The maximum Gasteiger partial charge on any atom is 0.273 e. The van der Waals surface area contributed by atoms with Crippen LogP contribution in [0.5, 0.6) is 0 Å². The van der Waals surface area contributed by atoms with E-state index in [-0.39, 0.29) is 5.56 Å². The molecule has 4 rings (SSSR count). The van der Waals surface area contributed by atoms with Gasteiger partial charge in [-0.25, -0.2) is 17.6 Å². The second-order valence-electron chi connectivity index (χ2n) is 8.02. The van der Waals surface area contributed by atoms with E-state index in [0.29, 0.717) is 48.8 Å². The molecule has 0 aliphatic carbocycles. The van der Waals surface area contributed by atoms with E-state index in [1.54, 1.807) is 20.0 Å². The largest absolute Gasteiger partial charge is 0.367 e. The van der Waals surface area contributed by atoms with Crippen LogP contribution in [0.2, 0.25) is 0 Å². The Morgan fingerprint density at radius 1 is 1.26 bits per heavy atom. The van der Waals surface area contributed by atoms with Crippen LogP contribution >= 0.6 is 0 Å². The number of fused-ring (bicyclic) bond motifs is 1.